The Morgan fingerprint density at radius 2 is 1.19 bits per heavy atom. The number of allylic oxidation sites excluding steroid dienone is 2. The summed E-state index contributed by atoms with van der Waals surface area (Å²) in [5, 5.41) is 4.37. The van der Waals surface area contributed by atoms with Crippen LogP contribution in [-0.4, -0.2) is 12.1 Å². The summed E-state index contributed by atoms with van der Waals surface area (Å²) in [7, 11) is 0. The van der Waals surface area contributed by atoms with E-state index in [0.717, 1.165) is 65.1 Å². The van der Waals surface area contributed by atoms with E-state index in [1.807, 2.05) is 0 Å². The lowest BCUT2D eigenvalue weighted by molar-refractivity contribution is 0.0851. The summed E-state index contributed by atoms with van der Waals surface area (Å²) in [4.78, 5) is 0. The van der Waals surface area contributed by atoms with Crippen molar-refractivity contribution in [3.63, 3.8) is 0 Å². The van der Waals surface area contributed by atoms with Crippen LogP contribution in [0.2, 0.25) is 0 Å². The largest absolute Gasteiger partial charge is 0.311 e. The average molecular weight is 809 g/mol. The van der Waals surface area contributed by atoms with Gasteiger partial charge in [0.15, 0.2) is 0 Å². The standard InChI is InChI=1S/C57H109N/c1-16-27-51-38-52(40-53(39-51)47(12)29-26-24-22-20-18-17-19-21-23-25-28-41(2)3)37-48(13)55(33-44(8)9)56-35-46(11)36-57(49(56)14)58-50(15)54(32-43(6)7)34-45(10)31-30-42(4)5/h41,43-47,49-58H,4,13,16-40H2,1-3,5-12,14-15H3/t45?,46?,47?,49?,50?,51?,52?,53?,54-,55+,56?,57?/m1/s1. The Kier molecular flexibility index (Phi) is 27.4. The maximum atomic E-state index is 5.08. The molecule has 1 heteroatoms. The van der Waals surface area contributed by atoms with Gasteiger partial charge in [-0.25, -0.2) is 0 Å². The Bertz CT molecular complexity index is 1050. The lowest BCUT2D eigenvalue weighted by atomic mass is 9.62. The molecule has 58 heavy (non-hydrogen) atoms. The summed E-state index contributed by atoms with van der Waals surface area (Å²) >= 11 is 0. The Hall–Kier alpha value is -0.560. The van der Waals surface area contributed by atoms with Gasteiger partial charge in [0.1, 0.15) is 0 Å². The lowest BCUT2D eigenvalue weighted by Gasteiger charge is -2.47. The van der Waals surface area contributed by atoms with Crippen LogP contribution in [0.1, 0.15) is 251 Å². The van der Waals surface area contributed by atoms with E-state index < -0.39 is 0 Å². The summed E-state index contributed by atoms with van der Waals surface area (Å²) in [6.07, 6.45) is 35.2. The Morgan fingerprint density at radius 1 is 0.621 bits per heavy atom. The summed E-state index contributed by atoms with van der Waals surface area (Å²) in [6.45, 7) is 41.3. The molecular weight excluding hydrogens is 699 g/mol. The maximum absolute atomic E-state index is 5.08. The van der Waals surface area contributed by atoms with Gasteiger partial charge in [-0.15, -0.1) is 6.58 Å². The van der Waals surface area contributed by atoms with Gasteiger partial charge in [-0.3, -0.25) is 0 Å². The molecule has 2 rings (SSSR count). The molecule has 342 valence electrons. The Morgan fingerprint density at radius 3 is 1.74 bits per heavy atom. The highest BCUT2D eigenvalue weighted by Crippen LogP contribution is 2.48. The number of hydrogen-bond donors (Lipinski definition) is 1. The van der Waals surface area contributed by atoms with Gasteiger partial charge in [-0.1, -0.05) is 184 Å². The second-order valence-corrected chi connectivity index (χ2v) is 23.5. The van der Waals surface area contributed by atoms with Crippen molar-refractivity contribution in [3.05, 3.63) is 24.3 Å². The van der Waals surface area contributed by atoms with Crippen molar-refractivity contribution in [3.8, 4) is 0 Å². The zero-order valence-electron chi connectivity index (χ0n) is 42.3. The van der Waals surface area contributed by atoms with Crippen LogP contribution in [0.3, 0.4) is 0 Å². The first-order valence-corrected chi connectivity index (χ1v) is 26.6. The predicted molar refractivity (Wildman–Crippen MR) is 264 cm³/mol. The SMILES string of the molecule is C=C(C)CCC(C)C[C@@H](CC(C)C)C(C)NC1CC(C)CC([C@@H](CC(C)C)C(=C)CC2CC(CCC)CC(C(C)CCCCCCCCCCCCC(C)C)C2)C1C. The average Bonchev–Trinajstić information content (AvgIpc) is 3.14. The third-order valence-electron chi connectivity index (χ3n) is 15.8. The smallest absolute Gasteiger partial charge is 0.0101 e. The van der Waals surface area contributed by atoms with Crippen LogP contribution >= 0.6 is 0 Å². The molecule has 0 radical (unpaired) electrons. The van der Waals surface area contributed by atoms with Crippen molar-refractivity contribution < 1.29 is 0 Å². The highest BCUT2D eigenvalue weighted by atomic mass is 15.0. The van der Waals surface area contributed by atoms with E-state index >= 15 is 0 Å². The first kappa shape index (κ1) is 53.6. The quantitative estimate of drug-likeness (QED) is 0.0527. The molecule has 0 saturated heterocycles. The zero-order valence-corrected chi connectivity index (χ0v) is 42.3. The number of unbranched alkanes of at least 4 members (excludes halogenated alkanes) is 9. The second-order valence-electron chi connectivity index (χ2n) is 23.5. The number of nitrogens with one attached hydrogen (secondary N) is 1. The first-order chi connectivity index (χ1) is 27.5. The highest BCUT2D eigenvalue weighted by molar-refractivity contribution is 5.08. The summed E-state index contributed by atoms with van der Waals surface area (Å²) in [6, 6.07) is 1.18. The minimum atomic E-state index is 0.565. The molecule has 0 aromatic heterocycles. The summed E-state index contributed by atoms with van der Waals surface area (Å²) < 4.78 is 0. The minimum Gasteiger partial charge on any atom is -0.311 e. The third kappa shape index (κ3) is 22.0. The molecule has 0 aromatic carbocycles. The van der Waals surface area contributed by atoms with Crippen molar-refractivity contribution in [2.45, 2.75) is 263 Å². The van der Waals surface area contributed by atoms with E-state index in [9.17, 15) is 0 Å². The van der Waals surface area contributed by atoms with E-state index in [1.165, 1.54) is 166 Å². The van der Waals surface area contributed by atoms with E-state index in [-0.39, 0.29) is 0 Å². The minimum absolute atomic E-state index is 0.565. The Labute approximate surface area is 367 Å². The molecule has 2 saturated carbocycles. The fourth-order valence-corrected chi connectivity index (χ4v) is 12.4. The van der Waals surface area contributed by atoms with Crippen molar-refractivity contribution in [1.29, 1.82) is 0 Å². The number of rotatable bonds is 32. The monoisotopic (exact) mass is 808 g/mol. The zero-order chi connectivity index (χ0) is 43.2. The van der Waals surface area contributed by atoms with E-state index in [2.05, 4.69) is 102 Å². The van der Waals surface area contributed by atoms with Crippen molar-refractivity contribution >= 4 is 0 Å². The first-order valence-electron chi connectivity index (χ1n) is 26.6. The molecule has 1 nitrogen and oxygen atoms in total. The van der Waals surface area contributed by atoms with Gasteiger partial charge < -0.3 is 5.32 Å². The highest BCUT2D eigenvalue weighted by Gasteiger charge is 2.41. The van der Waals surface area contributed by atoms with Gasteiger partial charge in [0.05, 0.1) is 0 Å². The lowest BCUT2D eigenvalue weighted by Crippen LogP contribution is -2.51. The molecule has 0 amide bonds. The molecule has 12 atom stereocenters. The predicted octanol–water partition coefficient (Wildman–Crippen LogP) is 18.5. The van der Waals surface area contributed by atoms with E-state index in [4.69, 9.17) is 6.58 Å². The fourth-order valence-electron chi connectivity index (χ4n) is 12.4. The van der Waals surface area contributed by atoms with Crippen LogP contribution in [0.5, 0.6) is 0 Å². The molecule has 2 fully saturated rings. The molecule has 2 aliphatic rings. The topological polar surface area (TPSA) is 12.0 Å². The molecule has 2 aliphatic carbocycles. The molecule has 1 N–H and O–H groups in total. The van der Waals surface area contributed by atoms with Crippen molar-refractivity contribution in [2.75, 3.05) is 0 Å². The van der Waals surface area contributed by atoms with Crippen molar-refractivity contribution in [1.82, 2.24) is 5.32 Å². The van der Waals surface area contributed by atoms with Crippen LogP contribution in [-0.2, 0) is 0 Å². The van der Waals surface area contributed by atoms with Crippen LogP contribution in [0.15, 0.2) is 24.3 Å². The molecule has 0 heterocycles. The van der Waals surface area contributed by atoms with Gasteiger partial charge in [-0.2, -0.15) is 0 Å². The van der Waals surface area contributed by atoms with Gasteiger partial charge in [0, 0.05) is 12.1 Å². The molecule has 0 spiro atoms. The van der Waals surface area contributed by atoms with Gasteiger partial charge in [0.25, 0.3) is 0 Å². The molecule has 0 aromatic rings. The van der Waals surface area contributed by atoms with E-state index in [0.29, 0.717) is 23.9 Å². The van der Waals surface area contributed by atoms with Gasteiger partial charge in [0.2, 0.25) is 0 Å². The van der Waals surface area contributed by atoms with Crippen LogP contribution in [0.25, 0.3) is 0 Å². The van der Waals surface area contributed by atoms with Gasteiger partial charge >= 0.3 is 0 Å². The van der Waals surface area contributed by atoms with Crippen LogP contribution in [0, 0.1) is 76.9 Å². The number of hydrogen-bond acceptors (Lipinski definition) is 1. The Balaban J connectivity index is 2.00. The molecule has 10 unspecified atom stereocenters. The molecule has 0 bridgehead atoms. The molecule has 0 aliphatic heterocycles. The molecular formula is C57H109N. The summed E-state index contributed by atoms with van der Waals surface area (Å²) in [5.41, 5.74) is 2.98. The van der Waals surface area contributed by atoms with Crippen LogP contribution < -0.4 is 5.32 Å². The maximum Gasteiger partial charge on any atom is 0.0101 e. The van der Waals surface area contributed by atoms with Crippen molar-refractivity contribution in [2.24, 2.45) is 76.9 Å². The normalized spacial score (nSPS) is 26.9. The second kappa shape index (κ2) is 29.7. The van der Waals surface area contributed by atoms with E-state index in [1.54, 1.807) is 5.57 Å². The third-order valence-corrected chi connectivity index (χ3v) is 15.8. The fraction of sp³-hybridized carbons (Fsp3) is 0.930. The van der Waals surface area contributed by atoms with Crippen LogP contribution in [0.4, 0.5) is 0 Å². The summed E-state index contributed by atoms with van der Waals surface area (Å²) in [5.74, 6) is 10.3. The van der Waals surface area contributed by atoms with Gasteiger partial charge in [-0.05, 0) is 161 Å².